The zero-order valence-corrected chi connectivity index (χ0v) is 21.7. The monoisotopic (exact) mass is 473 g/mol. The second-order valence-corrected chi connectivity index (χ2v) is 14.3. The van der Waals surface area contributed by atoms with Crippen LogP contribution >= 0.6 is 0 Å². The van der Waals surface area contributed by atoms with Crippen molar-refractivity contribution in [2.75, 3.05) is 13.7 Å². The van der Waals surface area contributed by atoms with Gasteiger partial charge in [-0.05, 0) is 39.5 Å². The van der Waals surface area contributed by atoms with E-state index in [-0.39, 0.29) is 17.0 Å². The number of hydrogen-bond acceptors (Lipinski definition) is 3. The van der Waals surface area contributed by atoms with Crippen LogP contribution < -0.4 is 15.1 Å². The first-order chi connectivity index (χ1) is 16.3. The number of rotatable bonds is 9. The Hall–Kier alpha value is -2.89. The van der Waals surface area contributed by atoms with Gasteiger partial charge in [0.25, 0.3) is 8.32 Å². The molecule has 34 heavy (non-hydrogen) atoms. The highest BCUT2D eigenvalue weighted by atomic mass is 28.4. The molecule has 1 heterocycles. The lowest BCUT2D eigenvalue weighted by Crippen LogP contribution is -2.67. The van der Waals surface area contributed by atoms with Gasteiger partial charge in [0.1, 0.15) is 5.75 Å². The lowest BCUT2D eigenvalue weighted by atomic mass is 9.98. The first-order valence-corrected chi connectivity index (χ1v) is 13.9. The molecule has 1 atom stereocenters. The summed E-state index contributed by atoms with van der Waals surface area (Å²) in [7, 11) is -0.883. The molecule has 178 valence electrons. The van der Waals surface area contributed by atoms with Crippen molar-refractivity contribution in [2.45, 2.75) is 51.2 Å². The van der Waals surface area contributed by atoms with Crippen LogP contribution in [-0.2, 0) is 15.8 Å². The lowest BCUT2D eigenvalue weighted by Gasteiger charge is -2.45. The van der Waals surface area contributed by atoms with Crippen molar-refractivity contribution in [1.29, 1.82) is 0 Å². The molecule has 4 rings (SSSR count). The van der Waals surface area contributed by atoms with Crippen molar-refractivity contribution in [1.82, 2.24) is 4.90 Å². The molecular formula is C29H35NO3Si. The number of carbonyl (C=O) groups is 1. The van der Waals surface area contributed by atoms with Gasteiger partial charge in [-0.2, -0.15) is 0 Å². The van der Waals surface area contributed by atoms with Gasteiger partial charge in [-0.1, -0.05) is 93.6 Å². The number of nitrogens with zero attached hydrogens (tertiary/aromatic N) is 1. The van der Waals surface area contributed by atoms with Crippen molar-refractivity contribution in [2.24, 2.45) is 0 Å². The molecule has 1 amide bonds. The minimum absolute atomic E-state index is 0.0477. The second kappa shape index (κ2) is 10.2. The number of methoxy groups -OCH3 is 1. The molecule has 1 aliphatic rings. The SMILES string of the molecule is COc1ccc(CN2C(=O)CC2CCO[Si](c2ccccc2)(c2ccccc2)C(C)(C)C)cc1. The average molecular weight is 474 g/mol. The van der Waals surface area contributed by atoms with Gasteiger partial charge in [-0.15, -0.1) is 0 Å². The molecular weight excluding hydrogens is 438 g/mol. The smallest absolute Gasteiger partial charge is 0.261 e. The molecule has 4 nitrogen and oxygen atoms in total. The predicted octanol–water partition coefficient (Wildman–Crippen LogP) is 4.76. The van der Waals surface area contributed by atoms with E-state index in [1.807, 2.05) is 29.2 Å². The van der Waals surface area contributed by atoms with E-state index in [4.69, 9.17) is 9.16 Å². The summed E-state index contributed by atoms with van der Waals surface area (Å²) in [5.74, 6) is 1.04. The summed E-state index contributed by atoms with van der Waals surface area (Å²) < 4.78 is 12.3. The van der Waals surface area contributed by atoms with Crippen LogP contribution in [0.5, 0.6) is 5.75 Å². The number of ether oxygens (including phenoxy) is 1. The van der Waals surface area contributed by atoms with Crippen LogP contribution in [0.15, 0.2) is 84.9 Å². The maximum absolute atomic E-state index is 12.4. The highest BCUT2D eigenvalue weighted by Gasteiger charge is 2.50. The Kier molecular flexibility index (Phi) is 7.24. The summed E-state index contributed by atoms with van der Waals surface area (Å²) in [6.07, 6.45) is 1.44. The number of β-lactam (4-membered cyclic amide) rings is 1. The Labute approximate surface area is 204 Å². The van der Waals surface area contributed by atoms with Gasteiger partial charge in [0, 0.05) is 25.6 Å². The van der Waals surface area contributed by atoms with Crippen LogP contribution in [-0.4, -0.2) is 38.9 Å². The van der Waals surface area contributed by atoms with Crippen molar-refractivity contribution in [3.05, 3.63) is 90.5 Å². The van der Waals surface area contributed by atoms with Crippen molar-refractivity contribution < 1.29 is 14.0 Å². The number of carbonyl (C=O) groups excluding carboxylic acids is 1. The summed E-state index contributed by atoms with van der Waals surface area (Å²) in [5, 5.41) is 2.52. The van der Waals surface area contributed by atoms with Crippen LogP contribution in [0, 0.1) is 0 Å². The first kappa shape index (κ1) is 24.2. The molecule has 0 N–H and O–H groups in total. The quantitative estimate of drug-likeness (QED) is 0.332. The Bertz CT molecular complexity index is 1040. The molecule has 0 spiro atoms. The molecule has 0 saturated carbocycles. The van der Waals surface area contributed by atoms with E-state index in [9.17, 15) is 4.79 Å². The van der Waals surface area contributed by atoms with Crippen molar-refractivity contribution in [3.63, 3.8) is 0 Å². The fourth-order valence-corrected chi connectivity index (χ4v) is 9.61. The molecule has 0 bridgehead atoms. The number of benzene rings is 3. The summed E-state index contributed by atoms with van der Waals surface area (Å²) in [6, 6.07) is 29.6. The normalized spacial score (nSPS) is 16.3. The highest BCUT2D eigenvalue weighted by Crippen LogP contribution is 2.37. The van der Waals surface area contributed by atoms with E-state index in [2.05, 4.69) is 81.4 Å². The molecule has 1 saturated heterocycles. The number of amides is 1. The summed E-state index contributed by atoms with van der Waals surface area (Å²) in [4.78, 5) is 14.4. The maximum Gasteiger partial charge on any atom is 0.261 e. The van der Waals surface area contributed by atoms with E-state index < -0.39 is 8.32 Å². The molecule has 0 radical (unpaired) electrons. The number of hydrogen-bond donors (Lipinski definition) is 0. The predicted molar refractivity (Wildman–Crippen MR) is 140 cm³/mol. The molecule has 1 aliphatic heterocycles. The fourth-order valence-electron chi connectivity index (χ4n) is 5.03. The fraction of sp³-hybridized carbons (Fsp3) is 0.345. The van der Waals surface area contributed by atoms with Crippen LogP contribution in [0.25, 0.3) is 0 Å². The zero-order valence-electron chi connectivity index (χ0n) is 20.7. The summed E-state index contributed by atoms with van der Waals surface area (Å²) in [6.45, 7) is 8.14. The van der Waals surface area contributed by atoms with Gasteiger partial charge in [-0.3, -0.25) is 4.79 Å². The summed E-state index contributed by atoms with van der Waals surface area (Å²) >= 11 is 0. The molecule has 3 aromatic carbocycles. The molecule has 1 unspecified atom stereocenters. The van der Waals surface area contributed by atoms with Crippen LogP contribution in [0.2, 0.25) is 5.04 Å². The van der Waals surface area contributed by atoms with Gasteiger partial charge < -0.3 is 14.1 Å². The molecule has 5 heteroatoms. The van der Waals surface area contributed by atoms with E-state index in [1.54, 1.807) is 7.11 Å². The van der Waals surface area contributed by atoms with Crippen LogP contribution in [0.1, 0.15) is 39.2 Å². The molecule has 0 aliphatic carbocycles. The first-order valence-electron chi connectivity index (χ1n) is 12.0. The standard InChI is InChI=1S/C29H35NO3Si/c1-29(2,3)34(26-11-7-5-8-12-26,27-13-9-6-10-14-27)33-20-19-24-21-28(31)30(24)22-23-15-17-25(32-4)18-16-23/h5-18,24H,19-22H2,1-4H3. The van der Waals surface area contributed by atoms with E-state index >= 15 is 0 Å². The Morgan fingerprint density at radius 1 is 0.882 bits per heavy atom. The van der Waals surface area contributed by atoms with Gasteiger partial charge in [0.2, 0.25) is 5.91 Å². The van der Waals surface area contributed by atoms with Crippen LogP contribution in [0.3, 0.4) is 0 Å². The maximum atomic E-state index is 12.4. The second-order valence-electron chi connectivity index (χ2n) is 10.0. The van der Waals surface area contributed by atoms with Gasteiger partial charge in [0.15, 0.2) is 0 Å². The Morgan fingerprint density at radius 3 is 1.91 bits per heavy atom. The number of likely N-dealkylation sites (tertiary alicyclic amines) is 1. The van der Waals surface area contributed by atoms with Gasteiger partial charge >= 0.3 is 0 Å². The molecule has 1 fully saturated rings. The van der Waals surface area contributed by atoms with Crippen molar-refractivity contribution in [3.8, 4) is 5.75 Å². The molecule has 0 aromatic heterocycles. The van der Waals surface area contributed by atoms with Gasteiger partial charge in [-0.25, -0.2) is 0 Å². The third-order valence-corrected chi connectivity index (χ3v) is 11.9. The third-order valence-electron chi connectivity index (χ3n) is 6.87. The Morgan fingerprint density at radius 2 is 1.44 bits per heavy atom. The van der Waals surface area contributed by atoms with Crippen molar-refractivity contribution >= 4 is 24.6 Å². The Balaban J connectivity index is 1.51. The topological polar surface area (TPSA) is 38.8 Å². The summed E-state index contributed by atoms with van der Waals surface area (Å²) in [5.41, 5.74) is 1.12. The van der Waals surface area contributed by atoms with Crippen LogP contribution in [0.4, 0.5) is 0 Å². The largest absolute Gasteiger partial charge is 0.497 e. The van der Waals surface area contributed by atoms with E-state index in [0.717, 1.165) is 17.7 Å². The van der Waals surface area contributed by atoms with Gasteiger partial charge in [0.05, 0.1) is 7.11 Å². The lowest BCUT2D eigenvalue weighted by molar-refractivity contribution is -0.147. The third kappa shape index (κ3) is 4.81. The van der Waals surface area contributed by atoms with E-state index in [1.165, 1.54) is 10.4 Å². The highest BCUT2D eigenvalue weighted by molar-refractivity contribution is 6.99. The van der Waals surface area contributed by atoms with E-state index in [0.29, 0.717) is 19.6 Å². The minimum atomic E-state index is -2.55. The minimum Gasteiger partial charge on any atom is -0.497 e. The average Bonchev–Trinajstić information content (AvgIpc) is 2.85. The zero-order chi connectivity index (χ0) is 24.2. The molecule has 3 aromatic rings.